The van der Waals surface area contributed by atoms with Crippen LogP contribution in [0.4, 0.5) is 6.01 Å². The standard InChI is InChI=1S/C14H20N4O/c1-2-8-5-7(1)11-12(8)13(11)16-14-18-17-10(19-14)6-15-9-3-4-9/h7-9,11-13,15H,1-6H2,(H,16,18). The SMILES string of the molecule is C(NC1CC1)c1nnc(NC2C3C4CCC(C4)C23)o1. The molecule has 2 bridgehead atoms. The highest BCUT2D eigenvalue weighted by Gasteiger charge is 2.65. The van der Waals surface area contributed by atoms with Gasteiger partial charge in [0.15, 0.2) is 0 Å². The molecule has 4 unspecified atom stereocenters. The van der Waals surface area contributed by atoms with Crippen molar-refractivity contribution in [3.63, 3.8) is 0 Å². The van der Waals surface area contributed by atoms with Crippen LogP contribution in [-0.2, 0) is 6.54 Å². The molecular weight excluding hydrogens is 240 g/mol. The summed E-state index contributed by atoms with van der Waals surface area (Å²) in [6.45, 7) is 0.710. The smallest absolute Gasteiger partial charge is 0.315 e. The molecule has 4 aliphatic rings. The zero-order valence-electron chi connectivity index (χ0n) is 11.0. The Bertz CT molecular complexity index is 481. The van der Waals surface area contributed by atoms with Gasteiger partial charge in [-0.1, -0.05) is 5.10 Å². The van der Waals surface area contributed by atoms with Crippen molar-refractivity contribution in [2.24, 2.45) is 23.7 Å². The van der Waals surface area contributed by atoms with Crippen molar-refractivity contribution in [3.8, 4) is 0 Å². The molecule has 1 aromatic heterocycles. The molecule has 0 amide bonds. The van der Waals surface area contributed by atoms with E-state index in [9.17, 15) is 0 Å². The lowest BCUT2D eigenvalue weighted by Crippen LogP contribution is -2.15. The first kappa shape index (κ1) is 10.7. The molecule has 5 heteroatoms. The Kier molecular flexibility index (Phi) is 2.09. The van der Waals surface area contributed by atoms with Gasteiger partial charge in [-0.25, -0.2) is 0 Å². The van der Waals surface area contributed by atoms with Gasteiger partial charge in [0, 0.05) is 12.1 Å². The summed E-state index contributed by atoms with van der Waals surface area (Å²) in [5.74, 6) is 4.47. The Morgan fingerprint density at radius 1 is 1.05 bits per heavy atom. The molecule has 4 aliphatic carbocycles. The number of nitrogens with zero attached hydrogens (tertiary/aromatic N) is 2. The zero-order chi connectivity index (χ0) is 12.4. The molecule has 5 nitrogen and oxygen atoms in total. The minimum Gasteiger partial charge on any atom is -0.407 e. The maximum absolute atomic E-state index is 5.67. The van der Waals surface area contributed by atoms with Crippen LogP contribution in [0, 0.1) is 23.7 Å². The topological polar surface area (TPSA) is 63.0 Å². The highest BCUT2D eigenvalue weighted by Crippen LogP contribution is 2.66. The van der Waals surface area contributed by atoms with Crippen LogP contribution in [-0.4, -0.2) is 22.3 Å². The van der Waals surface area contributed by atoms with Crippen LogP contribution in [0.5, 0.6) is 0 Å². The number of nitrogens with one attached hydrogen (secondary N) is 2. The average molecular weight is 260 g/mol. The second-order valence-corrected chi connectivity index (χ2v) is 6.81. The van der Waals surface area contributed by atoms with Crippen LogP contribution in [0.15, 0.2) is 4.42 Å². The lowest BCUT2D eigenvalue weighted by molar-refractivity contribution is 0.456. The Labute approximate surface area is 112 Å². The van der Waals surface area contributed by atoms with Gasteiger partial charge in [-0.15, -0.1) is 5.10 Å². The maximum Gasteiger partial charge on any atom is 0.315 e. The fourth-order valence-electron chi connectivity index (χ4n) is 4.56. The van der Waals surface area contributed by atoms with Gasteiger partial charge in [0.1, 0.15) is 0 Å². The van der Waals surface area contributed by atoms with E-state index < -0.39 is 0 Å². The van der Waals surface area contributed by atoms with E-state index in [1.54, 1.807) is 0 Å². The van der Waals surface area contributed by atoms with Crippen LogP contribution < -0.4 is 10.6 Å². The Morgan fingerprint density at radius 3 is 2.58 bits per heavy atom. The summed E-state index contributed by atoms with van der Waals surface area (Å²) in [6, 6.07) is 1.93. The molecule has 19 heavy (non-hydrogen) atoms. The molecule has 0 aromatic carbocycles. The molecule has 0 aliphatic heterocycles. The Morgan fingerprint density at radius 2 is 1.84 bits per heavy atom. The molecule has 0 saturated heterocycles. The fraction of sp³-hybridized carbons (Fsp3) is 0.857. The first-order chi connectivity index (χ1) is 9.38. The summed E-state index contributed by atoms with van der Waals surface area (Å²) in [7, 11) is 0. The molecular formula is C14H20N4O. The molecule has 1 aromatic rings. The van der Waals surface area contributed by atoms with Crippen molar-refractivity contribution in [2.45, 2.75) is 50.7 Å². The largest absolute Gasteiger partial charge is 0.407 e. The third-order valence-corrected chi connectivity index (χ3v) is 5.61. The molecule has 4 fully saturated rings. The first-order valence-corrected chi connectivity index (χ1v) is 7.71. The molecule has 2 N–H and O–H groups in total. The third kappa shape index (κ3) is 1.71. The van der Waals surface area contributed by atoms with Crippen LogP contribution in [0.1, 0.15) is 38.0 Å². The molecule has 4 saturated carbocycles. The number of rotatable bonds is 5. The van der Waals surface area contributed by atoms with E-state index in [0.29, 0.717) is 30.5 Å². The van der Waals surface area contributed by atoms with E-state index in [-0.39, 0.29) is 0 Å². The van der Waals surface area contributed by atoms with Crippen molar-refractivity contribution in [2.75, 3.05) is 5.32 Å². The highest BCUT2D eigenvalue weighted by atomic mass is 16.4. The minimum absolute atomic E-state index is 0.621. The number of aromatic nitrogens is 2. The van der Waals surface area contributed by atoms with Gasteiger partial charge >= 0.3 is 6.01 Å². The number of anilines is 1. The maximum atomic E-state index is 5.67. The van der Waals surface area contributed by atoms with Crippen molar-refractivity contribution >= 4 is 6.01 Å². The summed E-state index contributed by atoms with van der Waals surface area (Å²) < 4.78 is 5.67. The second-order valence-electron chi connectivity index (χ2n) is 6.81. The van der Waals surface area contributed by atoms with Gasteiger partial charge in [-0.3, -0.25) is 0 Å². The second kappa shape index (κ2) is 3.72. The van der Waals surface area contributed by atoms with E-state index in [4.69, 9.17) is 4.42 Å². The van der Waals surface area contributed by atoms with Gasteiger partial charge in [0.2, 0.25) is 5.89 Å². The van der Waals surface area contributed by atoms with E-state index in [2.05, 4.69) is 20.8 Å². The van der Waals surface area contributed by atoms with Crippen LogP contribution >= 0.6 is 0 Å². The molecule has 0 spiro atoms. The summed E-state index contributed by atoms with van der Waals surface area (Å²) in [4.78, 5) is 0. The average Bonchev–Trinajstić information content (AvgIpc) is 3.22. The minimum atomic E-state index is 0.621. The highest BCUT2D eigenvalue weighted by molar-refractivity contribution is 5.31. The molecule has 5 rings (SSSR count). The van der Waals surface area contributed by atoms with Gasteiger partial charge in [-0.05, 0) is 55.8 Å². The summed E-state index contributed by atoms with van der Waals surface area (Å²) >= 11 is 0. The third-order valence-electron chi connectivity index (χ3n) is 5.61. The predicted octanol–water partition coefficient (Wildman–Crippen LogP) is 1.78. The summed E-state index contributed by atoms with van der Waals surface area (Å²) in [5, 5.41) is 15.1. The Balaban J connectivity index is 1.21. The predicted molar refractivity (Wildman–Crippen MR) is 69.4 cm³/mol. The summed E-state index contributed by atoms with van der Waals surface area (Å²) in [6.07, 6.45) is 6.95. The van der Waals surface area contributed by atoms with E-state index in [1.807, 2.05) is 0 Å². The quantitative estimate of drug-likeness (QED) is 0.845. The van der Waals surface area contributed by atoms with Gasteiger partial charge < -0.3 is 15.1 Å². The normalized spacial score (nSPS) is 42.4. The lowest BCUT2D eigenvalue weighted by atomic mass is 10.0. The number of hydrogen-bond donors (Lipinski definition) is 2. The van der Waals surface area contributed by atoms with Gasteiger partial charge in [-0.2, -0.15) is 0 Å². The Hall–Kier alpha value is -1.10. The van der Waals surface area contributed by atoms with Crippen LogP contribution in [0.3, 0.4) is 0 Å². The molecule has 102 valence electrons. The van der Waals surface area contributed by atoms with Crippen molar-refractivity contribution < 1.29 is 4.42 Å². The summed E-state index contributed by atoms with van der Waals surface area (Å²) in [5.41, 5.74) is 0. The van der Waals surface area contributed by atoms with E-state index >= 15 is 0 Å². The van der Waals surface area contributed by atoms with Crippen molar-refractivity contribution in [1.82, 2.24) is 15.5 Å². The number of hydrogen-bond acceptors (Lipinski definition) is 5. The fourth-order valence-corrected chi connectivity index (χ4v) is 4.56. The lowest BCUT2D eigenvalue weighted by Gasteiger charge is -2.08. The monoisotopic (exact) mass is 260 g/mol. The van der Waals surface area contributed by atoms with E-state index in [0.717, 1.165) is 23.7 Å². The van der Waals surface area contributed by atoms with E-state index in [1.165, 1.54) is 32.1 Å². The molecule has 4 atom stereocenters. The zero-order valence-corrected chi connectivity index (χ0v) is 11.0. The van der Waals surface area contributed by atoms with Gasteiger partial charge in [0.05, 0.1) is 6.54 Å². The van der Waals surface area contributed by atoms with Gasteiger partial charge in [0.25, 0.3) is 0 Å². The number of fused-ring (bicyclic) bond motifs is 5. The van der Waals surface area contributed by atoms with Crippen molar-refractivity contribution in [1.29, 1.82) is 0 Å². The molecule has 0 radical (unpaired) electrons. The molecule has 1 heterocycles. The van der Waals surface area contributed by atoms with Crippen LogP contribution in [0.2, 0.25) is 0 Å². The van der Waals surface area contributed by atoms with Crippen molar-refractivity contribution in [3.05, 3.63) is 5.89 Å². The first-order valence-electron chi connectivity index (χ1n) is 7.71. The van der Waals surface area contributed by atoms with Crippen LogP contribution in [0.25, 0.3) is 0 Å².